The number of halogens is 3. The van der Waals surface area contributed by atoms with Crippen LogP contribution in [-0.4, -0.2) is 26.4 Å². The van der Waals surface area contributed by atoms with Crippen molar-refractivity contribution in [1.82, 2.24) is 0 Å². The highest BCUT2D eigenvalue weighted by molar-refractivity contribution is 5.57. The molecule has 0 saturated carbocycles. The molecule has 112 valence electrons. The van der Waals surface area contributed by atoms with Crippen LogP contribution in [0.5, 0.6) is 5.75 Å². The summed E-state index contributed by atoms with van der Waals surface area (Å²) in [5, 5.41) is 0. The highest BCUT2D eigenvalue weighted by atomic mass is 19.4. The monoisotopic (exact) mass is 288 g/mol. The van der Waals surface area contributed by atoms with E-state index >= 15 is 0 Å². The van der Waals surface area contributed by atoms with Gasteiger partial charge in [-0.1, -0.05) is 6.07 Å². The van der Waals surface area contributed by atoms with Gasteiger partial charge in [0, 0.05) is 31.4 Å². The van der Waals surface area contributed by atoms with Crippen LogP contribution in [0.1, 0.15) is 18.4 Å². The van der Waals surface area contributed by atoms with Crippen LogP contribution in [0.15, 0.2) is 18.2 Å². The number of rotatable bonds is 3. The Hall–Kier alpha value is -1.43. The number of methoxy groups -OCH3 is 1. The lowest BCUT2D eigenvalue weighted by Gasteiger charge is -2.36. The number of piperidine rings is 1. The normalized spacial score (nSPS) is 20.1. The molecular weight excluding hydrogens is 269 g/mol. The zero-order valence-corrected chi connectivity index (χ0v) is 11.4. The van der Waals surface area contributed by atoms with Crippen LogP contribution in [0.3, 0.4) is 0 Å². The molecule has 1 aliphatic heterocycles. The number of ether oxygens (including phenoxy) is 1. The van der Waals surface area contributed by atoms with E-state index in [-0.39, 0.29) is 13.0 Å². The number of nitrogens with zero attached hydrogens (tertiary/aromatic N) is 1. The molecule has 3 nitrogen and oxygen atoms in total. The van der Waals surface area contributed by atoms with Gasteiger partial charge in [-0.3, -0.25) is 0 Å². The molecule has 0 amide bonds. The lowest BCUT2D eigenvalue weighted by atomic mass is 9.96. The molecule has 1 saturated heterocycles. The molecule has 0 aliphatic carbocycles. The van der Waals surface area contributed by atoms with Gasteiger partial charge in [-0.05, 0) is 24.5 Å². The molecule has 1 aromatic rings. The Morgan fingerprint density at radius 3 is 2.75 bits per heavy atom. The Bertz CT molecular complexity index is 462. The van der Waals surface area contributed by atoms with Gasteiger partial charge in [-0.2, -0.15) is 13.2 Å². The molecule has 0 bridgehead atoms. The molecule has 1 unspecified atom stereocenters. The maximum atomic E-state index is 12.9. The van der Waals surface area contributed by atoms with E-state index in [1.54, 1.807) is 17.0 Å². The molecule has 2 N–H and O–H groups in total. The molecule has 20 heavy (non-hydrogen) atoms. The number of benzene rings is 1. The maximum Gasteiger partial charge on any atom is 0.393 e. The third kappa shape index (κ3) is 3.17. The lowest BCUT2D eigenvalue weighted by Crippen LogP contribution is -2.42. The summed E-state index contributed by atoms with van der Waals surface area (Å²) in [5.41, 5.74) is 7.27. The molecule has 6 heteroatoms. The Labute approximate surface area is 116 Å². The SMILES string of the molecule is COc1ccc(CN)c(N2CCCC(C(F)(F)F)C2)c1. The van der Waals surface area contributed by atoms with Gasteiger partial charge in [0.15, 0.2) is 0 Å². The summed E-state index contributed by atoms with van der Waals surface area (Å²) in [6.45, 7) is 0.906. The minimum atomic E-state index is -4.14. The van der Waals surface area contributed by atoms with Crippen LogP contribution < -0.4 is 15.4 Å². The maximum absolute atomic E-state index is 12.9. The Balaban J connectivity index is 2.26. The number of nitrogens with two attached hydrogens (primary N) is 1. The average molecular weight is 288 g/mol. The van der Waals surface area contributed by atoms with Gasteiger partial charge >= 0.3 is 6.18 Å². The van der Waals surface area contributed by atoms with E-state index in [9.17, 15) is 13.2 Å². The topological polar surface area (TPSA) is 38.5 Å². The molecule has 1 fully saturated rings. The van der Waals surface area contributed by atoms with Crippen LogP contribution in [0.4, 0.5) is 18.9 Å². The van der Waals surface area contributed by atoms with Crippen LogP contribution >= 0.6 is 0 Å². The van der Waals surface area contributed by atoms with Crippen molar-refractivity contribution >= 4 is 5.69 Å². The van der Waals surface area contributed by atoms with Crippen molar-refractivity contribution in [1.29, 1.82) is 0 Å². The predicted octanol–water partition coefficient (Wildman–Crippen LogP) is 2.93. The number of anilines is 1. The third-order valence-electron chi connectivity index (χ3n) is 3.74. The zero-order chi connectivity index (χ0) is 14.8. The number of alkyl halides is 3. The van der Waals surface area contributed by atoms with E-state index in [1.807, 2.05) is 6.07 Å². The number of hydrogen-bond donors (Lipinski definition) is 1. The molecule has 0 spiro atoms. The molecule has 0 aromatic heterocycles. The first-order valence-electron chi connectivity index (χ1n) is 6.64. The van der Waals surface area contributed by atoms with Crippen LogP contribution in [-0.2, 0) is 6.54 Å². The fourth-order valence-corrected chi connectivity index (χ4v) is 2.60. The van der Waals surface area contributed by atoms with Crippen molar-refractivity contribution in [3.05, 3.63) is 23.8 Å². The van der Waals surface area contributed by atoms with Gasteiger partial charge in [0.1, 0.15) is 5.75 Å². The van der Waals surface area contributed by atoms with Gasteiger partial charge in [-0.25, -0.2) is 0 Å². The largest absolute Gasteiger partial charge is 0.497 e. The average Bonchev–Trinajstić information content (AvgIpc) is 2.45. The van der Waals surface area contributed by atoms with E-state index in [1.165, 1.54) is 7.11 Å². The summed E-state index contributed by atoms with van der Waals surface area (Å²) >= 11 is 0. The molecular formula is C14H19F3N2O. The van der Waals surface area contributed by atoms with E-state index in [2.05, 4.69) is 0 Å². The Morgan fingerprint density at radius 1 is 1.40 bits per heavy atom. The summed E-state index contributed by atoms with van der Waals surface area (Å²) in [6.07, 6.45) is -3.41. The standard InChI is InChI=1S/C14H19F3N2O/c1-20-12-5-4-10(8-18)13(7-12)19-6-2-3-11(9-19)14(15,16)17/h4-5,7,11H,2-3,6,8-9,18H2,1H3. The van der Waals surface area contributed by atoms with Crippen molar-refractivity contribution in [2.24, 2.45) is 11.7 Å². The van der Waals surface area contributed by atoms with E-state index < -0.39 is 12.1 Å². The summed E-state index contributed by atoms with van der Waals surface area (Å²) in [4.78, 5) is 1.77. The van der Waals surface area contributed by atoms with Crippen molar-refractivity contribution in [3.8, 4) is 5.75 Å². The highest BCUT2D eigenvalue weighted by Crippen LogP contribution is 2.36. The van der Waals surface area contributed by atoms with Crippen LogP contribution in [0, 0.1) is 5.92 Å². The second-order valence-corrected chi connectivity index (χ2v) is 5.03. The predicted molar refractivity (Wildman–Crippen MR) is 71.9 cm³/mol. The Kier molecular flexibility index (Phi) is 4.42. The van der Waals surface area contributed by atoms with E-state index in [4.69, 9.17) is 10.5 Å². The lowest BCUT2D eigenvalue weighted by molar-refractivity contribution is -0.176. The van der Waals surface area contributed by atoms with Gasteiger partial charge in [-0.15, -0.1) is 0 Å². The molecule has 1 aromatic carbocycles. The van der Waals surface area contributed by atoms with Crippen molar-refractivity contribution in [2.75, 3.05) is 25.1 Å². The Morgan fingerprint density at radius 2 is 2.15 bits per heavy atom. The quantitative estimate of drug-likeness (QED) is 0.929. The summed E-state index contributed by atoms with van der Waals surface area (Å²) in [5.74, 6) is -0.639. The minimum Gasteiger partial charge on any atom is -0.497 e. The number of hydrogen-bond acceptors (Lipinski definition) is 3. The van der Waals surface area contributed by atoms with Gasteiger partial charge in [0.2, 0.25) is 0 Å². The molecule has 1 heterocycles. The fourth-order valence-electron chi connectivity index (χ4n) is 2.60. The van der Waals surface area contributed by atoms with Crippen molar-refractivity contribution < 1.29 is 17.9 Å². The van der Waals surface area contributed by atoms with E-state index in [0.717, 1.165) is 11.3 Å². The minimum absolute atomic E-state index is 0.0103. The highest BCUT2D eigenvalue weighted by Gasteiger charge is 2.42. The zero-order valence-electron chi connectivity index (χ0n) is 11.4. The smallest absolute Gasteiger partial charge is 0.393 e. The second kappa shape index (κ2) is 5.91. The van der Waals surface area contributed by atoms with Crippen molar-refractivity contribution in [3.63, 3.8) is 0 Å². The molecule has 0 radical (unpaired) electrons. The fraction of sp³-hybridized carbons (Fsp3) is 0.571. The van der Waals surface area contributed by atoms with Gasteiger partial charge < -0.3 is 15.4 Å². The van der Waals surface area contributed by atoms with Crippen LogP contribution in [0.2, 0.25) is 0 Å². The first-order valence-corrected chi connectivity index (χ1v) is 6.64. The molecule has 2 rings (SSSR count). The molecule has 1 aliphatic rings. The van der Waals surface area contributed by atoms with Crippen molar-refractivity contribution in [2.45, 2.75) is 25.6 Å². The first-order chi connectivity index (χ1) is 9.45. The van der Waals surface area contributed by atoms with E-state index in [0.29, 0.717) is 25.3 Å². The third-order valence-corrected chi connectivity index (χ3v) is 3.74. The second-order valence-electron chi connectivity index (χ2n) is 5.03. The summed E-state index contributed by atoms with van der Waals surface area (Å²) < 4.78 is 43.8. The first kappa shape index (κ1) is 15.0. The van der Waals surface area contributed by atoms with Crippen LogP contribution in [0.25, 0.3) is 0 Å². The van der Waals surface area contributed by atoms with Gasteiger partial charge in [0.25, 0.3) is 0 Å². The summed E-state index contributed by atoms with van der Waals surface area (Å²) in [7, 11) is 1.54. The van der Waals surface area contributed by atoms with Gasteiger partial charge in [0.05, 0.1) is 13.0 Å². The summed E-state index contributed by atoms with van der Waals surface area (Å²) in [6, 6.07) is 5.35. The molecule has 1 atom stereocenters.